The van der Waals surface area contributed by atoms with Crippen LogP contribution in [0.15, 0.2) is 36.4 Å². The normalized spacial score (nSPS) is 21.7. The van der Waals surface area contributed by atoms with E-state index in [-0.39, 0.29) is 5.91 Å². The molecule has 4 rings (SSSR count). The smallest absolute Gasteiger partial charge is 0.264 e. The molecule has 0 bridgehead atoms. The van der Waals surface area contributed by atoms with E-state index in [2.05, 4.69) is 42.2 Å². The molecule has 138 valence electrons. The van der Waals surface area contributed by atoms with E-state index in [0.717, 1.165) is 30.2 Å². The molecule has 2 aromatic rings. The minimum atomic E-state index is 0.215. The Morgan fingerprint density at radius 3 is 2.38 bits per heavy atom. The van der Waals surface area contributed by atoms with Crippen LogP contribution in [0.2, 0.25) is 0 Å². The Morgan fingerprint density at radius 2 is 1.65 bits per heavy atom. The first-order chi connectivity index (χ1) is 12.7. The van der Waals surface area contributed by atoms with Crippen LogP contribution in [0.5, 0.6) is 0 Å². The standard InChI is InChI=1S/C23H29NOS/c1-17-7-5-6-16-24(17)23(25)22-15-14-21(26-22)20-12-10-19(11-13-20)18-8-3-2-4-9-18/h10-15,17-18H,2-9,16H2,1H3/t17-/m1/s1. The van der Waals surface area contributed by atoms with Crippen LogP contribution in [-0.4, -0.2) is 23.4 Å². The van der Waals surface area contributed by atoms with Crippen molar-refractivity contribution in [2.75, 3.05) is 6.54 Å². The predicted molar refractivity (Wildman–Crippen MR) is 110 cm³/mol. The van der Waals surface area contributed by atoms with Gasteiger partial charge in [-0.15, -0.1) is 11.3 Å². The Labute approximate surface area is 161 Å². The van der Waals surface area contributed by atoms with Crippen molar-refractivity contribution >= 4 is 17.2 Å². The van der Waals surface area contributed by atoms with Gasteiger partial charge in [0.15, 0.2) is 0 Å². The van der Waals surface area contributed by atoms with Crippen molar-refractivity contribution in [2.24, 2.45) is 0 Å². The summed E-state index contributed by atoms with van der Waals surface area (Å²) >= 11 is 1.64. The van der Waals surface area contributed by atoms with Gasteiger partial charge in [0.2, 0.25) is 0 Å². The largest absolute Gasteiger partial charge is 0.335 e. The van der Waals surface area contributed by atoms with Crippen LogP contribution in [0, 0.1) is 0 Å². The minimum Gasteiger partial charge on any atom is -0.335 e. The number of rotatable bonds is 3. The summed E-state index contributed by atoms with van der Waals surface area (Å²) in [5, 5.41) is 0. The highest BCUT2D eigenvalue weighted by atomic mass is 32.1. The lowest BCUT2D eigenvalue weighted by Gasteiger charge is -2.33. The quantitative estimate of drug-likeness (QED) is 0.608. The van der Waals surface area contributed by atoms with E-state index in [1.165, 1.54) is 54.5 Å². The molecule has 2 heterocycles. The van der Waals surface area contributed by atoms with Gasteiger partial charge < -0.3 is 4.90 Å². The molecule has 0 unspecified atom stereocenters. The van der Waals surface area contributed by atoms with Crippen molar-refractivity contribution in [1.82, 2.24) is 4.90 Å². The zero-order chi connectivity index (χ0) is 17.9. The number of piperidine rings is 1. The van der Waals surface area contributed by atoms with Gasteiger partial charge in [-0.05, 0) is 68.2 Å². The molecule has 0 spiro atoms. The number of hydrogen-bond donors (Lipinski definition) is 0. The maximum atomic E-state index is 12.9. The van der Waals surface area contributed by atoms with Crippen LogP contribution in [0.25, 0.3) is 10.4 Å². The van der Waals surface area contributed by atoms with Crippen LogP contribution in [0.4, 0.5) is 0 Å². The number of nitrogens with zero attached hydrogens (tertiary/aromatic N) is 1. The topological polar surface area (TPSA) is 20.3 Å². The number of carbonyl (C=O) groups is 1. The first kappa shape index (κ1) is 17.8. The molecule has 1 aromatic carbocycles. The lowest BCUT2D eigenvalue weighted by atomic mass is 9.84. The highest BCUT2D eigenvalue weighted by Gasteiger charge is 2.25. The average Bonchev–Trinajstić information content (AvgIpc) is 3.19. The molecule has 26 heavy (non-hydrogen) atoms. The SMILES string of the molecule is C[C@@H]1CCCCN1C(=O)c1ccc(-c2ccc(C3CCCCC3)cc2)s1. The summed E-state index contributed by atoms with van der Waals surface area (Å²) in [6.45, 7) is 3.08. The molecule has 1 aliphatic carbocycles. The lowest BCUT2D eigenvalue weighted by Crippen LogP contribution is -2.41. The molecule has 0 N–H and O–H groups in total. The third-order valence-electron chi connectivity index (χ3n) is 6.15. The fourth-order valence-corrected chi connectivity index (χ4v) is 5.47. The Hall–Kier alpha value is -1.61. The van der Waals surface area contributed by atoms with Gasteiger partial charge in [0.05, 0.1) is 4.88 Å². The third-order valence-corrected chi connectivity index (χ3v) is 7.27. The molecule has 1 saturated carbocycles. The molecular weight excluding hydrogens is 338 g/mol. The molecule has 2 aliphatic rings. The first-order valence-electron chi connectivity index (χ1n) is 10.2. The van der Waals surface area contributed by atoms with Gasteiger partial charge in [-0.25, -0.2) is 0 Å². The zero-order valence-corrected chi connectivity index (χ0v) is 16.6. The monoisotopic (exact) mass is 367 g/mol. The second-order valence-electron chi connectivity index (χ2n) is 7.96. The van der Waals surface area contributed by atoms with Gasteiger partial charge in [-0.2, -0.15) is 0 Å². The second-order valence-corrected chi connectivity index (χ2v) is 9.05. The van der Waals surface area contributed by atoms with E-state index < -0.39 is 0 Å². The van der Waals surface area contributed by atoms with E-state index in [0.29, 0.717) is 6.04 Å². The Balaban J connectivity index is 1.48. The molecule has 2 fully saturated rings. The molecule has 1 aromatic heterocycles. The molecule has 2 nitrogen and oxygen atoms in total. The van der Waals surface area contributed by atoms with E-state index in [1.807, 2.05) is 6.07 Å². The Kier molecular flexibility index (Phi) is 5.44. The summed E-state index contributed by atoms with van der Waals surface area (Å²) in [5.74, 6) is 0.964. The van der Waals surface area contributed by atoms with Crippen LogP contribution in [0.3, 0.4) is 0 Å². The summed E-state index contributed by atoms with van der Waals surface area (Å²) in [6, 6.07) is 13.6. The van der Waals surface area contributed by atoms with Crippen LogP contribution in [0.1, 0.15) is 79.4 Å². The van der Waals surface area contributed by atoms with Gasteiger partial charge in [-0.1, -0.05) is 43.5 Å². The van der Waals surface area contributed by atoms with Gasteiger partial charge in [-0.3, -0.25) is 4.79 Å². The van der Waals surface area contributed by atoms with Gasteiger partial charge in [0.1, 0.15) is 0 Å². The van der Waals surface area contributed by atoms with Crippen LogP contribution in [-0.2, 0) is 0 Å². The van der Waals surface area contributed by atoms with Crippen molar-refractivity contribution in [3.8, 4) is 10.4 Å². The lowest BCUT2D eigenvalue weighted by molar-refractivity contribution is 0.0640. The number of thiophene rings is 1. The predicted octanol–water partition coefficient (Wildman–Crippen LogP) is 6.48. The van der Waals surface area contributed by atoms with Gasteiger partial charge in [0.25, 0.3) is 5.91 Å². The van der Waals surface area contributed by atoms with E-state index in [1.54, 1.807) is 11.3 Å². The van der Waals surface area contributed by atoms with E-state index in [9.17, 15) is 4.79 Å². The molecule has 0 radical (unpaired) electrons. The number of hydrogen-bond acceptors (Lipinski definition) is 2. The van der Waals surface area contributed by atoms with Crippen molar-refractivity contribution in [2.45, 2.75) is 70.3 Å². The minimum absolute atomic E-state index is 0.215. The molecule has 1 amide bonds. The highest BCUT2D eigenvalue weighted by molar-refractivity contribution is 7.17. The Bertz CT molecular complexity index is 742. The van der Waals surface area contributed by atoms with Crippen molar-refractivity contribution in [3.05, 3.63) is 46.8 Å². The summed E-state index contributed by atoms with van der Waals surface area (Å²) in [4.78, 5) is 17.0. The maximum absolute atomic E-state index is 12.9. The number of carbonyl (C=O) groups excluding carboxylic acids is 1. The summed E-state index contributed by atoms with van der Waals surface area (Å²) in [5.41, 5.74) is 2.73. The summed E-state index contributed by atoms with van der Waals surface area (Å²) < 4.78 is 0. The second kappa shape index (κ2) is 7.96. The summed E-state index contributed by atoms with van der Waals surface area (Å²) in [6.07, 6.45) is 10.3. The first-order valence-corrected chi connectivity index (χ1v) is 11.0. The summed E-state index contributed by atoms with van der Waals surface area (Å²) in [7, 11) is 0. The molecular formula is C23H29NOS. The van der Waals surface area contributed by atoms with E-state index >= 15 is 0 Å². The van der Waals surface area contributed by atoms with Crippen LogP contribution < -0.4 is 0 Å². The van der Waals surface area contributed by atoms with Crippen molar-refractivity contribution in [1.29, 1.82) is 0 Å². The van der Waals surface area contributed by atoms with Gasteiger partial charge in [0, 0.05) is 17.5 Å². The number of amides is 1. The molecule has 1 saturated heterocycles. The van der Waals surface area contributed by atoms with Gasteiger partial charge >= 0.3 is 0 Å². The van der Waals surface area contributed by atoms with E-state index in [4.69, 9.17) is 0 Å². The van der Waals surface area contributed by atoms with Crippen molar-refractivity contribution < 1.29 is 4.79 Å². The number of benzene rings is 1. The molecule has 1 aliphatic heterocycles. The highest BCUT2D eigenvalue weighted by Crippen LogP contribution is 2.35. The Morgan fingerprint density at radius 1 is 0.923 bits per heavy atom. The molecule has 1 atom stereocenters. The zero-order valence-electron chi connectivity index (χ0n) is 15.7. The fourth-order valence-electron chi connectivity index (χ4n) is 4.50. The third kappa shape index (κ3) is 3.73. The van der Waals surface area contributed by atoms with Crippen LogP contribution >= 0.6 is 11.3 Å². The average molecular weight is 368 g/mol. The maximum Gasteiger partial charge on any atom is 0.264 e. The fraction of sp³-hybridized carbons (Fsp3) is 0.522. The van der Waals surface area contributed by atoms with Crippen molar-refractivity contribution in [3.63, 3.8) is 0 Å². The molecule has 3 heteroatoms. The number of likely N-dealkylation sites (tertiary alicyclic amines) is 1.